The van der Waals surface area contributed by atoms with E-state index < -0.39 is 12.6 Å². The molecule has 7 nitrogen and oxygen atoms in total. The molecule has 2 rings (SSSR count). The summed E-state index contributed by atoms with van der Waals surface area (Å²) in [4.78, 5) is 23.2. The molecule has 0 fully saturated rings. The minimum atomic E-state index is -1.11. The number of hydrogen-bond donors (Lipinski definition) is 1. The molecule has 0 spiro atoms. The number of carboxylic acids is 1. The van der Waals surface area contributed by atoms with Crippen LogP contribution in [-0.2, 0) is 4.79 Å². The second-order valence-electron chi connectivity index (χ2n) is 5.71. The number of ketones is 1. The van der Waals surface area contributed by atoms with Crippen LogP contribution in [0.25, 0.3) is 6.08 Å². The van der Waals surface area contributed by atoms with Crippen LogP contribution in [0.4, 0.5) is 0 Å². The van der Waals surface area contributed by atoms with Crippen molar-refractivity contribution in [2.24, 2.45) is 0 Å². The van der Waals surface area contributed by atoms with Gasteiger partial charge < -0.3 is 24.1 Å². The standard InChI is InChI=1S/C21H21ClO7/c1-4-28-19-10-13(9-15(22)21(19)27-3)5-7-16(23)14-6-8-17(18(11-14)26-2)29-12-20(24)25/h5-11H,4,12H2,1-3H3,(H,24,25)/b7-5-. The zero-order chi connectivity index (χ0) is 21.4. The van der Waals surface area contributed by atoms with E-state index in [4.69, 9.17) is 35.7 Å². The summed E-state index contributed by atoms with van der Waals surface area (Å²) < 4.78 is 21.1. The molecule has 154 valence electrons. The van der Waals surface area contributed by atoms with Crippen molar-refractivity contribution in [1.82, 2.24) is 0 Å². The Balaban J connectivity index is 2.23. The van der Waals surface area contributed by atoms with Crippen molar-refractivity contribution in [1.29, 1.82) is 0 Å². The number of allylic oxidation sites excluding steroid dienone is 1. The minimum Gasteiger partial charge on any atom is -0.493 e. The number of benzene rings is 2. The van der Waals surface area contributed by atoms with Gasteiger partial charge in [-0.05, 0) is 48.9 Å². The van der Waals surface area contributed by atoms with Gasteiger partial charge in [0.2, 0.25) is 0 Å². The van der Waals surface area contributed by atoms with Gasteiger partial charge >= 0.3 is 5.97 Å². The molecule has 0 aliphatic carbocycles. The molecular formula is C21H21ClO7. The summed E-state index contributed by atoms with van der Waals surface area (Å²) in [6, 6.07) is 7.88. The highest BCUT2D eigenvalue weighted by atomic mass is 35.5. The summed E-state index contributed by atoms with van der Waals surface area (Å²) in [6.07, 6.45) is 3.00. The van der Waals surface area contributed by atoms with Crippen LogP contribution >= 0.6 is 11.6 Å². The van der Waals surface area contributed by atoms with Gasteiger partial charge in [-0.1, -0.05) is 17.7 Å². The van der Waals surface area contributed by atoms with E-state index >= 15 is 0 Å². The van der Waals surface area contributed by atoms with E-state index in [1.54, 1.807) is 18.2 Å². The van der Waals surface area contributed by atoms with Gasteiger partial charge in [-0.15, -0.1) is 0 Å². The first kappa shape index (κ1) is 22.1. The Labute approximate surface area is 173 Å². The maximum atomic E-state index is 12.5. The van der Waals surface area contributed by atoms with Crippen LogP contribution in [0.2, 0.25) is 5.02 Å². The fourth-order valence-corrected chi connectivity index (χ4v) is 2.79. The van der Waals surface area contributed by atoms with E-state index in [2.05, 4.69) is 0 Å². The van der Waals surface area contributed by atoms with Crippen molar-refractivity contribution < 1.29 is 33.6 Å². The molecule has 1 N–H and O–H groups in total. The molecule has 0 amide bonds. The van der Waals surface area contributed by atoms with Gasteiger partial charge in [0.1, 0.15) is 0 Å². The van der Waals surface area contributed by atoms with E-state index in [0.29, 0.717) is 34.3 Å². The number of carbonyl (C=O) groups excluding carboxylic acids is 1. The maximum Gasteiger partial charge on any atom is 0.341 e. The average Bonchev–Trinajstić information content (AvgIpc) is 2.70. The molecule has 0 saturated heterocycles. The number of carbonyl (C=O) groups is 2. The van der Waals surface area contributed by atoms with Gasteiger partial charge in [0.25, 0.3) is 0 Å². The van der Waals surface area contributed by atoms with Gasteiger partial charge in [-0.25, -0.2) is 4.79 Å². The third-order valence-electron chi connectivity index (χ3n) is 3.76. The molecular weight excluding hydrogens is 400 g/mol. The van der Waals surface area contributed by atoms with Crippen molar-refractivity contribution >= 4 is 29.4 Å². The largest absolute Gasteiger partial charge is 0.493 e. The van der Waals surface area contributed by atoms with E-state index in [9.17, 15) is 9.59 Å². The number of carboxylic acid groups (broad SMARTS) is 1. The second kappa shape index (κ2) is 10.4. The molecule has 2 aromatic rings. The van der Waals surface area contributed by atoms with E-state index in [0.717, 1.165) is 0 Å². The van der Waals surface area contributed by atoms with E-state index in [-0.39, 0.29) is 17.3 Å². The smallest absolute Gasteiger partial charge is 0.341 e. The summed E-state index contributed by atoms with van der Waals surface area (Å²) in [7, 11) is 2.90. The Bertz CT molecular complexity index is 921. The fraction of sp³-hybridized carbons (Fsp3) is 0.238. The SMILES string of the molecule is CCOc1cc(/C=C\C(=O)c2ccc(OCC(=O)O)c(OC)c2)cc(Cl)c1OC. The number of rotatable bonds is 10. The topological polar surface area (TPSA) is 91.3 Å². The van der Waals surface area contributed by atoms with Crippen LogP contribution in [0.5, 0.6) is 23.0 Å². The first-order valence-electron chi connectivity index (χ1n) is 8.65. The van der Waals surface area contributed by atoms with Gasteiger partial charge in [0.15, 0.2) is 35.4 Å². The Hall–Kier alpha value is -3.19. The summed E-state index contributed by atoms with van der Waals surface area (Å²) in [6.45, 7) is 1.77. The van der Waals surface area contributed by atoms with Crippen LogP contribution in [0.1, 0.15) is 22.8 Å². The number of ether oxygens (including phenoxy) is 4. The molecule has 0 saturated carbocycles. The predicted octanol–water partition coefficient (Wildman–Crippen LogP) is 4.12. The molecule has 0 aliphatic rings. The van der Waals surface area contributed by atoms with Crippen LogP contribution in [0, 0.1) is 0 Å². The first-order valence-corrected chi connectivity index (χ1v) is 9.02. The van der Waals surface area contributed by atoms with Crippen molar-refractivity contribution in [2.75, 3.05) is 27.4 Å². The molecule has 29 heavy (non-hydrogen) atoms. The Morgan fingerprint density at radius 2 is 1.79 bits per heavy atom. The fourth-order valence-electron chi connectivity index (χ4n) is 2.49. The highest BCUT2D eigenvalue weighted by molar-refractivity contribution is 6.32. The summed E-state index contributed by atoms with van der Waals surface area (Å²) >= 11 is 6.22. The summed E-state index contributed by atoms with van der Waals surface area (Å²) in [5.74, 6) is 0.0166. The normalized spacial score (nSPS) is 10.6. The third-order valence-corrected chi connectivity index (χ3v) is 4.04. The molecule has 0 heterocycles. The summed E-state index contributed by atoms with van der Waals surface area (Å²) in [5.41, 5.74) is 1.02. The van der Waals surface area contributed by atoms with Crippen LogP contribution in [-0.4, -0.2) is 44.3 Å². The van der Waals surface area contributed by atoms with Gasteiger partial charge in [0.05, 0.1) is 25.8 Å². The van der Waals surface area contributed by atoms with Crippen molar-refractivity contribution in [2.45, 2.75) is 6.92 Å². The third kappa shape index (κ3) is 5.89. The number of halogens is 1. The minimum absolute atomic E-state index is 0.235. The van der Waals surface area contributed by atoms with Gasteiger partial charge in [-0.2, -0.15) is 0 Å². The van der Waals surface area contributed by atoms with Crippen LogP contribution < -0.4 is 18.9 Å². The Morgan fingerprint density at radius 1 is 1.03 bits per heavy atom. The lowest BCUT2D eigenvalue weighted by atomic mass is 10.1. The van der Waals surface area contributed by atoms with Crippen LogP contribution in [0.3, 0.4) is 0 Å². The number of hydrogen-bond acceptors (Lipinski definition) is 6. The van der Waals surface area contributed by atoms with E-state index in [1.807, 2.05) is 6.92 Å². The molecule has 0 bridgehead atoms. The number of aliphatic carboxylic acids is 1. The average molecular weight is 421 g/mol. The Kier molecular flexibility index (Phi) is 7.91. The quantitative estimate of drug-likeness (QED) is 0.456. The Morgan fingerprint density at radius 3 is 2.41 bits per heavy atom. The summed E-state index contributed by atoms with van der Waals surface area (Å²) in [5, 5.41) is 9.08. The first-order chi connectivity index (χ1) is 13.9. The lowest BCUT2D eigenvalue weighted by molar-refractivity contribution is -0.139. The zero-order valence-electron chi connectivity index (χ0n) is 16.2. The number of methoxy groups -OCH3 is 2. The monoisotopic (exact) mass is 420 g/mol. The lowest BCUT2D eigenvalue weighted by Gasteiger charge is -2.12. The van der Waals surface area contributed by atoms with E-state index in [1.165, 1.54) is 38.5 Å². The van der Waals surface area contributed by atoms with Crippen LogP contribution in [0.15, 0.2) is 36.4 Å². The molecule has 8 heteroatoms. The highest BCUT2D eigenvalue weighted by Gasteiger charge is 2.12. The van der Waals surface area contributed by atoms with Gasteiger partial charge in [0, 0.05) is 5.56 Å². The van der Waals surface area contributed by atoms with Gasteiger partial charge in [-0.3, -0.25) is 4.79 Å². The zero-order valence-corrected chi connectivity index (χ0v) is 17.0. The molecule has 0 atom stereocenters. The molecule has 0 aromatic heterocycles. The lowest BCUT2D eigenvalue weighted by Crippen LogP contribution is -2.10. The predicted molar refractivity (Wildman–Crippen MR) is 109 cm³/mol. The molecule has 2 aromatic carbocycles. The highest BCUT2D eigenvalue weighted by Crippen LogP contribution is 2.36. The molecule has 0 unspecified atom stereocenters. The second-order valence-corrected chi connectivity index (χ2v) is 6.12. The molecule has 0 radical (unpaired) electrons. The van der Waals surface area contributed by atoms with Crippen molar-refractivity contribution in [3.63, 3.8) is 0 Å². The molecule has 0 aliphatic heterocycles. The maximum absolute atomic E-state index is 12.5. The van der Waals surface area contributed by atoms with Crippen molar-refractivity contribution in [3.8, 4) is 23.0 Å². The van der Waals surface area contributed by atoms with Crippen molar-refractivity contribution in [3.05, 3.63) is 52.6 Å².